The number of allylic oxidation sites excluding steroid dienone is 3. The van der Waals surface area contributed by atoms with Gasteiger partial charge in [-0.1, -0.05) is 30.9 Å². The molecule has 0 radical (unpaired) electrons. The van der Waals surface area contributed by atoms with Gasteiger partial charge in [0.2, 0.25) is 0 Å². The zero-order valence-electron chi connectivity index (χ0n) is 7.59. The fourth-order valence-corrected chi connectivity index (χ4v) is 0.836. The zero-order valence-corrected chi connectivity index (χ0v) is 7.59. The van der Waals surface area contributed by atoms with Gasteiger partial charge in [0.25, 0.3) is 0 Å². The summed E-state index contributed by atoms with van der Waals surface area (Å²) in [7, 11) is 1.95. The van der Waals surface area contributed by atoms with Gasteiger partial charge in [-0.25, -0.2) is 0 Å². The second-order valence-electron chi connectivity index (χ2n) is 2.39. The molecule has 1 nitrogen and oxygen atoms in total. The molecule has 0 aromatic heterocycles. The molecule has 0 saturated heterocycles. The highest BCUT2D eigenvalue weighted by Crippen LogP contribution is 2.02. The maximum atomic E-state index is 3.62. The molecule has 1 heteroatoms. The Kier molecular flexibility index (Phi) is 5.49. The van der Waals surface area contributed by atoms with Crippen LogP contribution < -0.4 is 5.32 Å². The lowest BCUT2D eigenvalue weighted by Gasteiger charge is -2.10. The Bertz CT molecular complexity index is 166. The minimum atomic E-state index is 0.413. The molecule has 0 aliphatic rings. The molecule has 1 N–H and O–H groups in total. The molecule has 0 fully saturated rings. The second-order valence-corrected chi connectivity index (χ2v) is 2.39. The number of hydrogen-bond donors (Lipinski definition) is 1. The number of rotatable bonds is 4. The van der Waals surface area contributed by atoms with E-state index in [0.717, 1.165) is 0 Å². The number of nitrogens with one attached hydrogen (secondary N) is 1. The quantitative estimate of drug-likeness (QED) is 0.608. The first kappa shape index (κ1) is 10.2. The monoisotopic (exact) mass is 151 g/mol. The molecule has 0 rings (SSSR count). The van der Waals surface area contributed by atoms with E-state index in [9.17, 15) is 0 Å². The van der Waals surface area contributed by atoms with Crippen LogP contribution in [0.1, 0.15) is 13.8 Å². The van der Waals surface area contributed by atoms with E-state index < -0.39 is 0 Å². The first-order valence-corrected chi connectivity index (χ1v) is 3.88. The van der Waals surface area contributed by atoms with Gasteiger partial charge in [-0.15, -0.1) is 0 Å². The Hall–Kier alpha value is -0.820. The van der Waals surface area contributed by atoms with E-state index in [1.807, 2.05) is 20.0 Å². The van der Waals surface area contributed by atoms with Crippen molar-refractivity contribution in [1.29, 1.82) is 0 Å². The summed E-state index contributed by atoms with van der Waals surface area (Å²) in [5, 5.41) is 3.17. The maximum Gasteiger partial charge on any atom is 0.0285 e. The minimum absolute atomic E-state index is 0.413. The molecule has 0 aliphatic heterocycles. The lowest BCUT2D eigenvalue weighted by atomic mass is 10.1. The molecule has 0 spiro atoms. The number of likely N-dealkylation sites (N-methyl/N-ethyl adjacent to an activating group) is 1. The molecule has 1 unspecified atom stereocenters. The third kappa shape index (κ3) is 3.79. The summed E-state index contributed by atoms with van der Waals surface area (Å²) in [4.78, 5) is 0. The average molecular weight is 151 g/mol. The van der Waals surface area contributed by atoms with Crippen molar-refractivity contribution < 1.29 is 0 Å². The van der Waals surface area contributed by atoms with Crippen LogP contribution in [-0.2, 0) is 0 Å². The second kappa shape index (κ2) is 5.93. The van der Waals surface area contributed by atoms with Crippen molar-refractivity contribution in [1.82, 2.24) is 5.32 Å². The van der Waals surface area contributed by atoms with E-state index in [4.69, 9.17) is 0 Å². The lowest BCUT2D eigenvalue weighted by molar-refractivity contribution is 0.704. The average Bonchev–Trinajstić information content (AvgIpc) is 2.05. The standard InChI is InChI=1S/C10H17N/c1-5-7-8-10(6-2)9(3)11-4/h5-9,11H,1H2,2-4H3/b8-7-,10-6+. The van der Waals surface area contributed by atoms with E-state index >= 15 is 0 Å². The first-order valence-electron chi connectivity index (χ1n) is 3.88. The van der Waals surface area contributed by atoms with Crippen LogP contribution in [0.4, 0.5) is 0 Å². The van der Waals surface area contributed by atoms with Crippen molar-refractivity contribution >= 4 is 0 Å². The van der Waals surface area contributed by atoms with Crippen molar-refractivity contribution in [3.8, 4) is 0 Å². The van der Waals surface area contributed by atoms with E-state index in [2.05, 4.69) is 31.0 Å². The SMILES string of the molecule is C=C/C=C\C(=C/C)C(C)NC. The summed E-state index contributed by atoms with van der Waals surface area (Å²) in [6.07, 6.45) is 7.89. The van der Waals surface area contributed by atoms with Crippen LogP contribution in [0.25, 0.3) is 0 Å². The molecular weight excluding hydrogens is 134 g/mol. The van der Waals surface area contributed by atoms with Gasteiger partial charge < -0.3 is 5.32 Å². The van der Waals surface area contributed by atoms with Gasteiger partial charge in [0.15, 0.2) is 0 Å². The Morgan fingerprint density at radius 3 is 2.55 bits per heavy atom. The van der Waals surface area contributed by atoms with Crippen LogP contribution in [0.5, 0.6) is 0 Å². The van der Waals surface area contributed by atoms with Gasteiger partial charge in [0.1, 0.15) is 0 Å². The molecule has 0 bridgehead atoms. The fraction of sp³-hybridized carbons (Fsp3) is 0.400. The summed E-state index contributed by atoms with van der Waals surface area (Å²) < 4.78 is 0. The van der Waals surface area contributed by atoms with Crippen molar-refractivity contribution in [3.63, 3.8) is 0 Å². The van der Waals surface area contributed by atoms with Gasteiger partial charge >= 0.3 is 0 Å². The Labute approximate surface area is 69.5 Å². The molecule has 0 amide bonds. The maximum absolute atomic E-state index is 3.62. The van der Waals surface area contributed by atoms with E-state index in [0.29, 0.717) is 6.04 Å². The summed E-state index contributed by atoms with van der Waals surface area (Å²) in [5.41, 5.74) is 1.28. The molecular formula is C10H17N. The summed E-state index contributed by atoms with van der Waals surface area (Å²) in [6, 6.07) is 0.413. The minimum Gasteiger partial charge on any atom is -0.313 e. The van der Waals surface area contributed by atoms with Gasteiger partial charge in [0.05, 0.1) is 0 Å². The first-order chi connectivity index (χ1) is 5.26. The normalized spacial score (nSPS) is 15.4. The molecule has 0 aliphatic carbocycles. The van der Waals surface area contributed by atoms with Crippen molar-refractivity contribution in [2.24, 2.45) is 0 Å². The Morgan fingerprint density at radius 1 is 1.55 bits per heavy atom. The topological polar surface area (TPSA) is 12.0 Å². The third-order valence-electron chi connectivity index (χ3n) is 1.69. The van der Waals surface area contributed by atoms with Gasteiger partial charge in [0, 0.05) is 6.04 Å². The summed E-state index contributed by atoms with van der Waals surface area (Å²) in [6.45, 7) is 7.78. The van der Waals surface area contributed by atoms with Crippen LogP contribution in [0.15, 0.2) is 36.5 Å². The van der Waals surface area contributed by atoms with Crippen LogP contribution in [0, 0.1) is 0 Å². The highest BCUT2D eigenvalue weighted by molar-refractivity contribution is 5.25. The van der Waals surface area contributed by atoms with Crippen LogP contribution in [0.3, 0.4) is 0 Å². The highest BCUT2D eigenvalue weighted by atomic mass is 14.9. The van der Waals surface area contributed by atoms with E-state index in [1.165, 1.54) is 5.57 Å². The Balaban J connectivity index is 4.18. The fourth-order valence-electron chi connectivity index (χ4n) is 0.836. The summed E-state index contributed by atoms with van der Waals surface area (Å²) in [5.74, 6) is 0. The van der Waals surface area contributed by atoms with Crippen LogP contribution in [0.2, 0.25) is 0 Å². The molecule has 0 aromatic carbocycles. The van der Waals surface area contributed by atoms with Crippen molar-refractivity contribution in [2.75, 3.05) is 7.05 Å². The highest BCUT2D eigenvalue weighted by Gasteiger charge is 1.99. The third-order valence-corrected chi connectivity index (χ3v) is 1.69. The molecule has 11 heavy (non-hydrogen) atoms. The molecule has 0 aromatic rings. The predicted molar refractivity (Wildman–Crippen MR) is 51.6 cm³/mol. The predicted octanol–water partition coefficient (Wildman–Crippen LogP) is 2.28. The molecule has 1 atom stereocenters. The molecule has 62 valence electrons. The Morgan fingerprint density at radius 2 is 2.18 bits per heavy atom. The van der Waals surface area contributed by atoms with Gasteiger partial charge in [-0.3, -0.25) is 0 Å². The van der Waals surface area contributed by atoms with Gasteiger partial charge in [-0.05, 0) is 26.5 Å². The smallest absolute Gasteiger partial charge is 0.0285 e. The molecule has 0 saturated carbocycles. The van der Waals surface area contributed by atoms with E-state index in [-0.39, 0.29) is 0 Å². The number of hydrogen-bond acceptors (Lipinski definition) is 1. The molecule has 0 heterocycles. The van der Waals surface area contributed by atoms with Crippen LogP contribution in [-0.4, -0.2) is 13.1 Å². The summed E-state index contributed by atoms with van der Waals surface area (Å²) >= 11 is 0. The zero-order chi connectivity index (χ0) is 8.69. The largest absolute Gasteiger partial charge is 0.313 e. The van der Waals surface area contributed by atoms with Crippen molar-refractivity contribution in [2.45, 2.75) is 19.9 Å². The van der Waals surface area contributed by atoms with Crippen LogP contribution >= 0.6 is 0 Å². The lowest BCUT2D eigenvalue weighted by Crippen LogP contribution is -2.22. The van der Waals surface area contributed by atoms with Crippen molar-refractivity contribution in [3.05, 3.63) is 36.5 Å². The van der Waals surface area contributed by atoms with E-state index in [1.54, 1.807) is 6.08 Å². The van der Waals surface area contributed by atoms with Gasteiger partial charge in [-0.2, -0.15) is 0 Å².